The molecule has 1 aliphatic heterocycles. The fourth-order valence-corrected chi connectivity index (χ4v) is 4.25. The number of hydrogen-bond donors (Lipinski definition) is 2. The SMILES string of the molecule is Cc1ccc(NC(=O)CN2C(=O)SC(=Cc3cn(CC(=O)O)c4ccccc34)C2=O)cc1. The first-order chi connectivity index (χ1) is 15.3. The summed E-state index contributed by atoms with van der Waals surface area (Å²) in [5, 5.41) is 12.1. The number of aliphatic carboxylic acids is 1. The maximum Gasteiger partial charge on any atom is 0.323 e. The number of thioether (sulfide) groups is 1. The molecule has 0 radical (unpaired) electrons. The first-order valence-corrected chi connectivity index (χ1v) is 10.5. The van der Waals surface area contributed by atoms with Gasteiger partial charge in [-0.15, -0.1) is 0 Å². The van der Waals surface area contributed by atoms with Crippen LogP contribution in [0.15, 0.2) is 59.6 Å². The molecule has 0 unspecified atom stereocenters. The van der Waals surface area contributed by atoms with Crippen molar-refractivity contribution in [3.8, 4) is 0 Å². The number of carboxylic acid groups (broad SMARTS) is 1. The number of nitrogens with zero attached hydrogens (tertiary/aromatic N) is 2. The summed E-state index contributed by atoms with van der Waals surface area (Å²) in [7, 11) is 0. The number of hydrogen-bond acceptors (Lipinski definition) is 5. The number of para-hydroxylation sites is 1. The number of benzene rings is 2. The summed E-state index contributed by atoms with van der Waals surface area (Å²) in [4.78, 5) is 49.8. The van der Waals surface area contributed by atoms with Gasteiger partial charge in [-0.3, -0.25) is 24.1 Å². The number of aryl methyl sites for hydroxylation is 1. The van der Waals surface area contributed by atoms with Gasteiger partial charge < -0.3 is 15.0 Å². The van der Waals surface area contributed by atoms with Crippen molar-refractivity contribution in [3.05, 3.63) is 70.8 Å². The molecule has 1 fully saturated rings. The molecule has 9 heteroatoms. The summed E-state index contributed by atoms with van der Waals surface area (Å²) in [5.41, 5.74) is 2.95. The molecule has 1 aliphatic rings. The van der Waals surface area contributed by atoms with E-state index in [1.807, 2.05) is 31.2 Å². The summed E-state index contributed by atoms with van der Waals surface area (Å²) in [6, 6.07) is 14.4. The van der Waals surface area contributed by atoms with Crippen LogP contribution in [0.4, 0.5) is 10.5 Å². The molecule has 4 rings (SSSR count). The molecule has 3 amide bonds. The molecule has 0 bridgehead atoms. The van der Waals surface area contributed by atoms with Crippen molar-refractivity contribution >= 4 is 57.5 Å². The highest BCUT2D eigenvalue weighted by Crippen LogP contribution is 2.34. The number of imide groups is 1. The molecular formula is C23H19N3O5S. The van der Waals surface area contributed by atoms with Crippen LogP contribution in [-0.4, -0.2) is 44.1 Å². The lowest BCUT2D eigenvalue weighted by molar-refractivity contribution is -0.137. The lowest BCUT2D eigenvalue weighted by Gasteiger charge is -2.12. The van der Waals surface area contributed by atoms with Gasteiger partial charge in [0.05, 0.1) is 4.91 Å². The predicted octanol–water partition coefficient (Wildman–Crippen LogP) is 3.71. The number of rotatable bonds is 6. The molecule has 0 aliphatic carbocycles. The van der Waals surface area contributed by atoms with Gasteiger partial charge in [0.1, 0.15) is 13.1 Å². The highest BCUT2D eigenvalue weighted by Gasteiger charge is 2.36. The molecule has 1 aromatic heterocycles. The van der Waals surface area contributed by atoms with Crippen LogP contribution < -0.4 is 5.32 Å². The maximum atomic E-state index is 12.8. The third-order valence-corrected chi connectivity index (χ3v) is 5.83. The summed E-state index contributed by atoms with van der Waals surface area (Å²) < 4.78 is 1.57. The van der Waals surface area contributed by atoms with Gasteiger partial charge in [-0.1, -0.05) is 35.9 Å². The zero-order chi connectivity index (χ0) is 22.8. The standard InChI is InChI=1S/C23H19N3O5S/c1-14-6-8-16(9-7-14)24-20(27)12-26-22(30)19(32-23(26)31)10-15-11-25(13-21(28)29)18-5-3-2-4-17(15)18/h2-11H,12-13H2,1H3,(H,24,27)(H,28,29). The van der Waals surface area contributed by atoms with Gasteiger partial charge in [-0.2, -0.15) is 0 Å². The molecule has 3 aromatic rings. The minimum Gasteiger partial charge on any atom is -0.480 e. The van der Waals surface area contributed by atoms with Crippen molar-refractivity contribution < 1.29 is 24.3 Å². The Kier molecular flexibility index (Phi) is 5.83. The van der Waals surface area contributed by atoms with Crippen molar-refractivity contribution in [1.82, 2.24) is 9.47 Å². The van der Waals surface area contributed by atoms with Gasteiger partial charge in [0.15, 0.2) is 0 Å². The van der Waals surface area contributed by atoms with Gasteiger partial charge in [0.2, 0.25) is 5.91 Å². The second kappa shape index (κ2) is 8.72. The Morgan fingerprint density at radius 3 is 2.50 bits per heavy atom. The number of anilines is 1. The van der Waals surface area contributed by atoms with Crippen LogP contribution in [0.1, 0.15) is 11.1 Å². The topological polar surface area (TPSA) is 109 Å². The average molecular weight is 449 g/mol. The average Bonchev–Trinajstić information content (AvgIpc) is 3.22. The summed E-state index contributed by atoms with van der Waals surface area (Å²) in [6.45, 7) is 1.31. The molecular weight excluding hydrogens is 430 g/mol. The molecule has 1 saturated heterocycles. The Morgan fingerprint density at radius 2 is 1.78 bits per heavy atom. The molecule has 2 aromatic carbocycles. The van der Waals surface area contributed by atoms with E-state index < -0.39 is 29.6 Å². The monoisotopic (exact) mass is 449 g/mol. The van der Waals surface area contributed by atoms with Crippen LogP contribution in [-0.2, 0) is 20.9 Å². The van der Waals surface area contributed by atoms with E-state index in [1.54, 1.807) is 41.1 Å². The molecule has 0 saturated carbocycles. The van der Waals surface area contributed by atoms with Gasteiger partial charge >= 0.3 is 5.97 Å². The first kappa shape index (κ1) is 21.4. The van der Waals surface area contributed by atoms with Crippen molar-refractivity contribution in [2.45, 2.75) is 13.5 Å². The fourth-order valence-electron chi connectivity index (χ4n) is 3.43. The number of fused-ring (bicyclic) bond motifs is 1. The molecule has 32 heavy (non-hydrogen) atoms. The van der Waals surface area contributed by atoms with Crippen molar-refractivity contribution in [3.63, 3.8) is 0 Å². The number of carboxylic acids is 1. The van der Waals surface area contributed by atoms with Crippen LogP contribution >= 0.6 is 11.8 Å². The molecule has 162 valence electrons. The Hall–Kier alpha value is -3.85. The molecule has 2 heterocycles. The second-order valence-corrected chi connectivity index (χ2v) is 8.30. The molecule has 0 atom stereocenters. The van der Waals surface area contributed by atoms with Gasteiger partial charge in [0, 0.05) is 28.4 Å². The van der Waals surface area contributed by atoms with Gasteiger partial charge in [0.25, 0.3) is 11.1 Å². The van der Waals surface area contributed by atoms with E-state index in [-0.39, 0.29) is 11.4 Å². The van der Waals surface area contributed by atoms with Crippen LogP contribution in [0.25, 0.3) is 17.0 Å². The van der Waals surface area contributed by atoms with Gasteiger partial charge in [-0.05, 0) is 43.0 Å². The van der Waals surface area contributed by atoms with E-state index in [0.29, 0.717) is 16.8 Å². The van der Waals surface area contributed by atoms with E-state index in [1.165, 1.54) is 0 Å². The van der Waals surface area contributed by atoms with E-state index >= 15 is 0 Å². The quantitative estimate of drug-likeness (QED) is 0.556. The zero-order valence-corrected chi connectivity index (χ0v) is 17.9. The summed E-state index contributed by atoms with van der Waals surface area (Å²) in [6.07, 6.45) is 3.19. The number of amides is 3. The highest BCUT2D eigenvalue weighted by atomic mass is 32.2. The predicted molar refractivity (Wildman–Crippen MR) is 122 cm³/mol. The van der Waals surface area contributed by atoms with Crippen LogP contribution in [0.3, 0.4) is 0 Å². The number of nitrogens with one attached hydrogen (secondary N) is 1. The second-order valence-electron chi connectivity index (χ2n) is 7.31. The Labute approximate surface area is 187 Å². The van der Waals surface area contributed by atoms with E-state index in [4.69, 9.17) is 5.11 Å². The van der Waals surface area contributed by atoms with Crippen molar-refractivity contribution in [2.75, 3.05) is 11.9 Å². The Morgan fingerprint density at radius 1 is 1.06 bits per heavy atom. The molecule has 0 spiro atoms. The first-order valence-electron chi connectivity index (χ1n) is 9.73. The highest BCUT2D eigenvalue weighted by molar-refractivity contribution is 8.18. The fraction of sp³-hybridized carbons (Fsp3) is 0.130. The summed E-state index contributed by atoms with van der Waals surface area (Å²) in [5.74, 6) is -2.03. The Balaban J connectivity index is 1.54. The van der Waals surface area contributed by atoms with Crippen LogP contribution in [0.5, 0.6) is 0 Å². The summed E-state index contributed by atoms with van der Waals surface area (Å²) >= 11 is 0.752. The van der Waals surface area contributed by atoms with Crippen LogP contribution in [0.2, 0.25) is 0 Å². The van der Waals surface area contributed by atoms with Gasteiger partial charge in [-0.25, -0.2) is 0 Å². The van der Waals surface area contributed by atoms with E-state index in [0.717, 1.165) is 27.6 Å². The number of aromatic nitrogens is 1. The lowest BCUT2D eigenvalue weighted by Crippen LogP contribution is -2.36. The minimum atomic E-state index is -0.989. The smallest absolute Gasteiger partial charge is 0.323 e. The number of carbonyl (C=O) groups is 4. The largest absolute Gasteiger partial charge is 0.480 e. The molecule has 2 N–H and O–H groups in total. The third kappa shape index (κ3) is 4.42. The Bertz CT molecular complexity index is 1280. The van der Waals surface area contributed by atoms with Crippen molar-refractivity contribution in [1.29, 1.82) is 0 Å². The van der Waals surface area contributed by atoms with E-state index in [9.17, 15) is 19.2 Å². The minimum absolute atomic E-state index is 0.177. The normalized spacial score (nSPS) is 15.0. The third-order valence-electron chi connectivity index (χ3n) is 4.92. The van der Waals surface area contributed by atoms with Crippen molar-refractivity contribution in [2.24, 2.45) is 0 Å². The number of carbonyl (C=O) groups excluding carboxylic acids is 3. The van der Waals surface area contributed by atoms with E-state index in [2.05, 4.69) is 5.32 Å². The zero-order valence-electron chi connectivity index (χ0n) is 17.1. The van der Waals surface area contributed by atoms with Crippen LogP contribution in [0, 0.1) is 6.92 Å². The maximum absolute atomic E-state index is 12.8. The molecule has 8 nitrogen and oxygen atoms in total. The lowest BCUT2D eigenvalue weighted by atomic mass is 10.1.